The molecule has 1 aliphatic carbocycles. The molecule has 1 spiro atoms. The first kappa shape index (κ1) is 15.6. The Morgan fingerprint density at radius 2 is 2.14 bits per heavy atom. The Morgan fingerprint density at radius 1 is 1.41 bits per heavy atom. The zero-order chi connectivity index (χ0) is 15.7. The van der Waals surface area contributed by atoms with Crippen LogP contribution in [0.2, 0.25) is 5.02 Å². The Balaban J connectivity index is 1.75. The Labute approximate surface area is 135 Å². The SMILES string of the molecule is Cc1cc(NC2CCOC3(CCCC3)C2)c(Cl)cc1[N+](=O)[O-]. The van der Waals surface area contributed by atoms with Gasteiger partial charge in [-0.2, -0.15) is 0 Å². The number of rotatable bonds is 3. The van der Waals surface area contributed by atoms with Gasteiger partial charge in [0.25, 0.3) is 5.69 Å². The van der Waals surface area contributed by atoms with Crippen molar-refractivity contribution in [2.24, 2.45) is 0 Å². The number of benzene rings is 1. The summed E-state index contributed by atoms with van der Waals surface area (Å²) in [5.74, 6) is 0. The van der Waals surface area contributed by atoms with Gasteiger partial charge in [-0.15, -0.1) is 0 Å². The highest BCUT2D eigenvalue weighted by Gasteiger charge is 2.40. The Morgan fingerprint density at radius 3 is 2.82 bits per heavy atom. The molecule has 1 atom stereocenters. The Hall–Kier alpha value is -1.33. The molecule has 1 aliphatic heterocycles. The number of hydrogen-bond acceptors (Lipinski definition) is 4. The van der Waals surface area contributed by atoms with Crippen LogP contribution < -0.4 is 5.32 Å². The van der Waals surface area contributed by atoms with Gasteiger partial charge in [0, 0.05) is 24.3 Å². The van der Waals surface area contributed by atoms with Crippen molar-refractivity contribution in [1.29, 1.82) is 0 Å². The number of ether oxygens (including phenoxy) is 1. The molecular weight excluding hydrogens is 304 g/mol. The summed E-state index contributed by atoms with van der Waals surface area (Å²) in [5.41, 5.74) is 1.51. The first-order valence-electron chi connectivity index (χ1n) is 7.84. The maximum atomic E-state index is 11.0. The Kier molecular flexibility index (Phi) is 4.28. The van der Waals surface area contributed by atoms with Gasteiger partial charge in [0.05, 0.1) is 21.2 Å². The molecule has 1 aromatic carbocycles. The predicted molar refractivity (Wildman–Crippen MR) is 86.6 cm³/mol. The van der Waals surface area contributed by atoms with E-state index in [1.165, 1.54) is 18.9 Å². The number of nitro benzene ring substituents is 1. The second kappa shape index (κ2) is 6.05. The molecule has 1 N–H and O–H groups in total. The van der Waals surface area contributed by atoms with Gasteiger partial charge in [0.15, 0.2) is 0 Å². The number of aryl methyl sites for hydroxylation is 1. The van der Waals surface area contributed by atoms with Gasteiger partial charge < -0.3 is 10.1 Å². The number of halogens is 1. The van der Waals surface area contributed by atoms with Crippen LogP contribution in [0.1, 0.15) is 44.1 Å². The van der Waals surface area contributed by atoms with E-state index in [0.29, 0.717) is 16.6 Å². The summed E-state index contributed by atoms with van der Waals surface area (Å²) in [7, 11) is 0. The van der Waals surface area contributed by atoms with Crippen LogP contribution in [0.3, 0.4) is 0 Å². The second-order valence-corrected chi connectivity index (χ2v) is 6.86. The highest BCUT2D eigenvalue weighted by Crippen LogP contribution is 2.41. The second-order valence-electron chi connectivity index (χ2n) is 6.45. The normalized spacial score (nSPS) is 23.6. The van der Waals surface area contributed by atoms with E-state index >= 15 is 0 Å². The lowest BCUT2D eigenvalue weighted by Crippen LogP contribution is -2.42. The predicted octanol–water partition coefficient (Wildman–Crippen LogP) is 4.46. The smallest absolute Gasteiger partial charge is 0.273 e. The molecule has 6 heteroatoms. The van der Waals surface area contributed by atoms with Gasteiger partial charge in [0.1, 0.15) is 0 Å². The maximum absolute atomic E-state index is 11.0. The topological polar surface area (TPSA) is 64.4 Å². The minimum Gasteiger partial charge on any atom is -0.381 e. The average molecular weight is 325 g/mol. The van der Waals surface area contributed by atoms with Gasteiger partial charge in [0.2, 0.25) is 0 Å². The summed E-state index contributed by atoms with van der Waals surface area (Å²) in [4.78, 5) is 10.6. The van der Waals surface area contributed by atoms with Crippen LogP contribution in [0, 0.1) is 17.0 Å². The first-order chi connectivity index (χ1) is 10.5. The van der Waals surface area contributed by atoms with Crippen molar-refractivity contribution in [2.45, 2.75) is 57.1 Å². The van der Waals surface area contributed by atoms with E-state index in [9.17, 15) is 10.1 Å². The molecule has 0 radical (unpaired) electrons. The highest BCUT2D eigenvalue weighted by molar-refractivity contribution is 6.33. The summed E-state index contributed by atoms with van der Waals surface area (Å²) < 4.78 is 6.04. The van der Waals surface area contributed by atoms with E-state index in [1.54, 1.807) is 13.0 Å². The molecule has 1 aromatic rings. The van der Waals surface area contributed by atoms with Crippen LogP contribution in [0.4, 0.5) is 11.4 Å². The van der Waals surface area contributed by atoms with Crippen LogP contribution in [0.15, 0.2) is 12.1 Å². The van der Waals surface area contributed by atoms with Crippen LogP contribution in [-0.4, -0.2) is 23.2 Å². The lowest BCUT2D eigenvalue weighted by atomic mass is 9.89. The summed E-state index contributed by atoms with van der Waals surface area (Å²) in [5, 5.41) is 14.8. The molecule has 1 saturated heterocycles. The largest absolute Gasteiger partial charge is 0.381 e. The van der Waals surface area contributed by atoms with E-state index in [0.717, 1.165) is 38.0 Å². The summed E-state index contributed by atoms with van der Waals surface area (Å²) >= 11 is 6.22. The van der Waals surface area contributed by atoms with Crippen molar-refractivity contribution in [3.63, 3.8) is 0 Å². The van der Waals surface area contributed by atoms with Crippen molar-refractivity contribution in [3.8, 4) is 0 Å². The highest BCUT2D eigenvalue weighted by atomic mass is 35.5. The fraction of sp³-hybridized carbons (Fsp3) is 0.625. The molecule has 22 heavy (non-hydrogen) atoms. The molecule has 0 bridgehead atoms. The summed E-state index contributed by atoms with van der Waals surface area (Å²) in [6, 6.07) is 3.52. The molecule has 5 nitrogen and oxygen atoms in total. The van der Waals surface area contributed by atoms with Gasteiger partial charge in [-0.3, -0.25) is 10.1 Å². The van der Waals surface area contributed by atoms with Crippen LogP contribution in [0.25, 0.3) is 0 Å². The number of hydrogen-bond donors (Lipinski definition) is 1. The third-order valence-electron chi connectivity index (χ3n) is 4.85. The van der Waals surface area contributed by atoms with Crippen molar-refractivity contribution < 1.29 is 9.66 Å². The lowest BCUT2D eigenvalue weighted by molar-refractivity contribution is -0.385. The van der Waals surface area contributed by atoms with Crippen LogP contribution >= 0.6 is 11.6 Å². The Bertz CT molecular complexity index is 585. The first-order valence-corrected chi connectivity index (χ1v) is 8.22. The fourth-order valence-corrected chi connectivity index (χ4v) is 3.93. The van der Waals surface area contributed by atoms with Gasteiger partial charge in [-0.1, -0.05) is 24.4 Å². The van der Waals surface area contributed by atoms with E-state index in [-0.39, 0.29) is 11.3 Å². The van der Waals surface area contributed by atoms with Crippen LogP contribution in [-0.2, 0) is 4.74 Å². The molecule has 1 unspecified atom stereocenters. The molecule has 1 saturated carbocycles. The molecule has 120 valence electrons. The third-order valence-corrected chi connectivity index (χ3v) is 5.16. The zero-order valence-corrected chi connectivity index (χ0v) is 13.5. The van der Waals surface area contributed by atoms with E-state index in [2.05, 4.69) is 5.32 Å². The van der Waals surface area contributed by atoms with Gasteiger partial charge in [-0.25, -0.2) is 0 Å². The van der Waals surface area contributed by atoms with Crippen molar-refractivity contribution in [2.75, 3.05) is 11.9 Å². The lowest BCUT2D eigenvalue weighted by Gasteiger charge is -2.39. The number of nitrogens with one attached hydrogen (secondary N) is 1. The fourth-order valence-electron chi connectivity index (χ4n) is 3.72. The minimum atomic E-state index is -0.396. The molecule has 0 aromatic heterocycles. The van der Waals surface area contributed by atoms with Crippen molar-refractivity contribution in [1.82, 2.24) is 0 Å². The van der Waals surface area contributed by atoms with E-state index < -0.39 is 4.92 Å². The number of nitro groups is 1. The minimum absolute atomic E-state index is 0.0399. The molecule has 2 aliphatic rings. The molecule has 2 fully saturated rings. The quantitative estimate of drug-likeness (QED) is 0.658. The van der Waals surface area contributed by atoms with Gasteiger partial charge >= 0.3 is 0 Å². The van der Waals surface area contributed by atoms with Crippen LogP contribution in [0.5, 0.6) is 0 Å². The van der Waals surface area contributed by atoms with Gasteiger partial charge in [-0.05, 0) is 38.7 Å². The zero-order valence-electron chi connectivity index (χ0n) is 12.7. The number of nitrogens with zero attached hydrogens (tertiary/aromatic N) is 1. The molecule has 3 rings (SSSR count). The standard InChI is InChI=1S/C16H21ClN2O3/c1-11-8-14(13(17)9-15(11)19(20)21)18-12-4-7-22-16(10-12)5-2-3-6-16/h8-9,12,18H,2-7,10H2,1H3. The number of anilines is 1. The van der Waals surface area contributed by atoms with Crippen molar-refractivity contribution in [3.05, 3.63) is 32.8 Å². The monoisotopic (exact) mass is 324 g/mol. The molecular formula is C16H21ClN2O3. The average Bonchev–Trinajstić information content (AvgIpc) is 2.90. The van der Waals surface area contributed by atoms with Crippen molar-refractivity contribution >= 4 is 23.0 Å². The van der Waals surface area contributed by atoms with E-state index in [4.69, 9.17) is 16.3 Å². The molecule has 0 amide bonds. The maximum Gasteiger partial charge on any atom is 0.273 e. The van der Waals surface area contributed by atoms with E-state index in [1.807, 2.05) is 0 Å². The molecule has 1 heterocycles. The summed E-state index contributed by atoms with van der Waals surface area (Å²) in [6.07, 6.45) is 6.68. The summed E-state index contributed by atoms with van der Waals surface area (Å²) in [6.45, 7) is 2.50. The third kappa shape index (κ3) is 3.06.